The average Bonchev–Trinajstić information content (AvgIpc) is 2.51. The van der Waals surface area contributed by atoms with Crippen LogP contribution in [0.15, 0.2) is 46.9 Å². The lowest BCUT2D eigenvalue weighted by Crippen LogP contribution is -2.19. The lowest BCUT2D eigenvalue weighted by atomic mass is 10.2. The van der Waals surface area contributed by atoms with Crippen LogP contribution in [0.1, 0.15) is 10.4 Å². The van der Waals surface area contributed by atoms with Crippen LogP contribution in [0, 0.1) is 0 Å². The van der Waals surface area contributed by atoms with Crippen molar-refractivity contribution in [2.75, 3.05) is 32.6 Å². The Balaban J connectivity index is 1.97. The Bertz CT molecular complexity index is 675. The smallest absolute Gasteiger partial charge is 0.256 e. The fraction of sp³-hybridized carbons (Fsp3) is 0.235. The highest BCUT2D eigenvalue weighted by atomic mass is 79.9. The summed E-state index contributed by atoms with van der Waals surface area (Å²) in [6.45, 7) is 1.47. The van der Waals surface area contributed by atoms with Gasteiger partial charge in [0.1, 0.15) is 12.4 Å². The zero-order chi connectivity index (χ0) is 16.8. The van der Waals surface area contributed by atoms with E-state index < -0.39 is 0 Å². The van der Waals surface area contributed by atoms with Crippen LogP contribution < -0.4 is 10.1 Å². The summed E-state index contributed by atoms with van der Waals surface area (Å²) in [7, 11) is 3.99. The minimum Gasteiger partial charge on any atom is -0.492 e. The van der Waals surface area contributed by atoms with Gasteiger partial charge in [0.15, 0.2) is 0 Å². The van der Waals surface area contributed by atoms with Crippen LogP contribution in [0.25, 0.3) is 0 Å². The molecule has 1 amide bonds. The number of hydrogen-bond donors (Lipinski definition) is 1. The number of hydrogen-bond acceptors (Lipinski definition) is 3. The molecule has 4 nitrogen and oxygen atoms in total. The molecule has 0 aliphatic heterocycles. The number of amides is 1. The van der Waals surface area contributed by atoms with Crippen LogP contribution in [-0.4, -0.2) is 38.1 Å². The maximum absolute atomic E-state index is 12.3. The molecule has 122 valence electrons. The topological polar surface area (TPSA) is 41.6 Å². The molecular formula is C17H18BrClN2O2. The number of ether oxygens (including phenoxy) is 1. The van der Waals surface area contributed by atoms with E-state index in [1.165, 1.54) is 0 Å². The van der Waals surface area contributed by atoms with Crippen LogP contribution in [0.4, 0.5) is 5.69 Å². The zero-order valence-corrected chi connectivity index (χ0v) is 15.3. The van der Waals surface area contributed by atoms with Crippen molar-refractivity contribution >= 4 is 39.1 Å². The standard InChI is InChI=1S/C17H18BrClN2O2/c1-21(2)9-10-23-14-6-4-13(5-7-14)20-17(22)15-11-12(19)3-8-16(15)18/h3-8,11H,9-10H2,1-2H3,(H,20,22). The summed E-state index contributed by atoms with van der Waals surface area (Å²) in [5.41, 5.74) is 1.19. The third-order valence-corrected chi connectivity index (χ3v) is 4.02. The molecule has 1 N–H and O–H groups in total. The second kappa shape index (κ2) is 8.34. The minimum atomic E-state index is -0.222. The zero-order valence-electron chi connectivity index (χ0n) is 13.0. The summed E-state index contributed by atoms with van der Waals surface area (Å²) in [5, 5.41) is 3.35. The summed E-state index contributed by atoms with van der Waals surface area (Å²) in [5.74, 6) is 0.550. The van der Waals surface area contributed by atoms with Crippen LogP contribution in [0.5, 0.6) is 5.75 Å². The van der Waals surface area contributed by atoms with Crippen molar-refractivity contribution in [1.82, 2.24) is 4.90 Å². The fourth-order valence-corrected chi connectivity index (χ4v) is 2.45. The van der Waals surface area contributed by atoms with Crippen molar-refractivity contribution in [3.63, 3.8) is 0 Å². The first-order chi connectivity index (χ1) is 11.0. The number of likely N-dealkylation sites (N-methyl/N-ethyl adjacent to an activating group) is 1. The predicted molar refractivity (Wildman–Crippen MR) is 97.6 cm³/mol. The molecule has 0 spiro atoms. The third-order valence-electron chi connectivity index (χ3n) is 3.09. The van der Waals surface area contributed by atoms with Crippen molar-refractivity contribution in [2.24, 2.45) is 0 Å². The van der Waals surface area contributed by atoms with Crippen molar-refractivity contribution in [3.8, 4) is 5.75 Å². The van der Waals surface area contributed by atoms with Crippen LogP contribution >= 0.6 is 27.5 Å². The monoisotopic (exact) mass is 396 g/mol. The van der Waals surface area contributed by atoms with Gasteiger partial charge in [-0.05, 0) is 72.5 Å². The molecule has 2 rings (SSSR count). The van der Waals surface area contributed by atoms with Gasteiger partial charge in [-0.2, -0.15) is 0 Å². The van der Waals surface area contributed by atoms with Gasteiger partial charge in [0.2, 0.25) is 0 Å². The molecular weight excluding hydrogens is 380 g/mol. The van der Waals surface area contributed by atoms with E-state index >= 15 is 0 Å². The molecule has 0 bridgehead atoms. The molecule has 0 radical (unpaired) electrons. The van der Waals surface area contributed by atoms with E-state index in [4.69, 9.17) is 16.3 Å². The molecule has 2 aromatic carbocycles. The quantitative estimate of drug-likeness (QED) is 0.790. The van der Waals surface area contributed by atoms with Crippen LogP contribution in [0.3, 0.4) is 0 Å². The van der Waals surface area contributed by atoms with Crippen molar-refractivity contribution in [3.05, 3.63) is 57.5 Å². The van der Waals surface area contributed by atoms with E-state index in [1.807, 2.05) is 26.2 Å². The van der Waals surface area contributed by atoms with Crippen molar-refractivity contribution < 1.29 is 9.53 Å². The Hall–Kier alpha value is -1.56. The molecule has 0 atom stereocenters. The van der Waals surface area contributed by atoms with Gasteiger partial charge in [-0.25, -0.2) is 0 Å². The molecule has 2 aromatic rings. The first-order valence-electron chi connectivity index (χ1n) is 7.09. The summed E-state index contributed by atoms with van der Waals surface area (Å²) in [4.78, 5) is 14.3. The Morgan fingerprint density at radius 1 is 1.22 bits per heavy atom. The van der Waals surface area contributed by atoms with Gasteiger partial charge in [-0.15, -0.1) is 0 Å². The molecule has 6 heteroatoms. The van der Waals surface area contributed by atoms with Crippen molar-refractivity contribution in [1.29, 1.82) is 0 Å². The highest BCUT2D eigenvalue weighted by Gasteiger charge is 2.11. The van der Waals surface area contributed by atoms with Gasteiger partial charge in [0.05, 0.1) is 5.56 Å². The number of rotatable bonds is 6. The first-order valence-corrected chi connectivity index (χ1v) is 8.27. The summed E-state index contributed by atoms with van der Waals surface area (Å²) in [6, 6.07) is 12.4. The van der Waals surface area contributed by atoms with E-state index in [9.17, 15) is 4.79 Å². The molecule has 0 aromatic heterocycles. The van der Waals surface area contributed by atoms with E-state index in [0.717, 1.165) is 12.3 Å². The van der Waals surface area contributed by atoms with Gasteiger partial charge >= 0.3 is 0 Å². The third kappa shape index (κ3) is 5.53. The van der Waals surface area contributed by atoms with E-state index in [2.05, 4.69) is 26.1 Å². The summed E-state index contributed by atoms with van der Waals surface area (Å²) >= 11 is 9.29. The van der Waals surface area contributed by atoms with Crippen LogP contribution in [-0.2, 0) is 0 Å². The van der Waals surface area contributed by atoms with Gasteiger partial charge in [0, 0.05) is 21.7 Å². The second-order valence-corrected chi connectivity index (χ2v) is 6.55. The molecule has 0 aliphatic carbocycles. The van der Waals surface area contributed by atoms with Gasteiger partial charge in [0.25, 0.3) is 5.91 Å². The Kier molecular flexibility index (Phi) is 6.45. The maximum atomic E-state index is 12.3. The van der Waals surface area contributed by atoms with Crippen LogP contribution in [0.2, 0.25) is 5.02 Å². The highest BCUT2D eigenvalue weighted by molar-refractivity contribution is 9.10. The molecule has 0 aliphatic rings. The molecule has 0 fully saturated rings. The molecule has 0 saturated carbocycles. The van der Waals surface area contributed by atoms with Gasteiger partial charge in [-0.1, -0.05) is 11.6 Å². The highest BCUT2D eigenvalue weighted by Crippen LogP contribution is 2.23. The second-order valence-electron chi connectivity index (χ2n) is 5.25. The molecule has 0 heterocycles. The number of nitrogens with zero attached hydrogens (tertiary/aromatic N) is 1. The average molecular weight is 398 g/mol. The summed E-state index contributed by atoms with van der Waals surface area (Å²) in [6.07, 6.45) is 0. The van der Waals surface area contributed by atoms with Gasteiger partial charge < -0.3 is 15.0 Å². The largest absolute Gasteiger partial charge is 0.492 e. The molecule has 23 heavy (non-hydrogen) atoms. The van der Waals surface area contributed by atoms with E-state index in [1.54, 1.807) is 30.3 Å². The maximum Gasteiger partial charge on any atom is 0.256 e. The number of carbonyl (C=O) groups is 1. The fourth-order valence-electron chi connectivity index (χ4n) is 1.85. The lowest BCUT2D eigenvalue weighted by Gasteiger charge is -2.12. The predicted octanol–water partition coefficient (Wildman–Crippen LogP) is 4.30. The Morgan fingerprint density at radius 3 is 2.57 bits per heavy atom. The first kappa shape index (κ1) is 17.8. The number of anilines is 1. The lowest BCUT2D eigenvalue weighted by molar-refractivity contribution is 0.102. The SMILES string of the molecule is CN(C)CCOc1ccc(NC(=O)c2cc(Cl)ccc2Br)cc1. The number of carbonyl (C=O) groups excluding carboxylic acids is 1. The number of benzene rings is 2. The van der Waals surface area contributed by atoms with Crippen molar-refractivity contribution in [2.45, 2.75) is 0 Å². The van der Waals surface area contributed by atoms with Gasteiger partial charge in [-0.3, -0.25) is 4.79 Å². The van der Waals surface area contributed by atoms with E-state index in [0.29, 0.717) is 27.4 Å². The number of halogens is 2. The Morgan fingerprint density at radius 2 is 1.91 bits per heavy atom. The summed E-state index contributed by atoms with van der Waals surface area (Å²) < 4.78 is 6.31. The molecule has 0 unspecified atom stereocenters. The molecule has 0 saturated heterocycles. The Labute approximate surface area is 149 Å². The number of nitrogens with one attached hydrogen (secondary N) is 1. The minimum absolute atomic E-state index is 0.222. The normalized spacial score (nSPS) is 10.7. The van der Waals surface area contributed by atoms with E-state index in [-0.39, 0.29) is 5.91 Å².